The van der Waals surface area contributed by atoms with Crippen LogP contribution in [0.15, 0.2) is 77.4 Å². The van der Waals surface area contributed by atoms with E-state index in [0.29, 0.717) is 61.1 Å². The minimum atomic E-state index is -0.565. The van der Waals surface area contributed by atoms with Crippen molar-refractivity contribution >= 4 is 22.9 Å². The third-order valence-electron chi connectivity index (χ3n) is 7.23. The number of aromatic nitrogens is 4. The Kier molecular flexibility index (Phi) is 8.56. The van der Waals surface area contributed by atoms with Crippen LogP contribution < -0.4 is 21.5 Å². The Morgan fingerprint density at radius 3 is 2.51 bits per heavy atom. The molecular formula is C31H34N8O4. The Morgan fingerprint density at radius 1 is 1.14 bits per heavy atom. The number of likely N-dealkylation sites (tertiary alicyclic amines) is 1. The topological polar surface area (TPSA) is 153 Å². The summed E-state index contributed by atoms with van der Waals surface area (Å²) < 4.78 is 14.0. The predicted molar refractivity (Wildman–Crippen MR) is 162 cm³/mol. The Morgan fingerprint density at radius 2 is 1.84 bits per heavy atom. The molecule has 1 fully saturated rings. The number of imidazole rings is 1. The summed E-state index contributed by atoms with van der Waals surface area (Å²) in [6.07, 6.45) is 2.98. The summed E-state index contributed by atoms with van der Waals surface area (Å²) in [5.74, 6) is 1.16. The maximum absolute atomic E-state index is 13.7. The van der Waals surface area contributed by atoms with Gasteiger partial charge in [-0.2, -0.15) is 5.26 Å². The molecule has 0 unspecified atom stereocenters. The van der Waals surface area contributed by atoms with E-state index >= 15 is 0 Å². The number of ether oxygens (including phenoxy) is 2. The van der Waals surface area contributed by atoms with Crippen molar-refractivity contribution in [2.45, 2.75) is 25.9 Å². The van der Waals surface area contributed by atoms with E-state index in [1.54, 1.807) is 46.9 Å². The van der Waals surface area contributed by atoms with Gasteiger partial charge < -0.3 is 25.4 Å². The third kappa shape index (κ3) is 6.43. The van der Waals surface area contributed by atoms with E-state index in [0.717, 1.165) is 0 Å². The van der Waals surface area contributed by atoms with Crippen molar-refractivity contribution < 1.29 is 14.3 Å². The van der Waals surface area contributed by atoms with Crippen molar-refractivity contribution in [2.24, 2.45) is 5.92 Å². The normalized spacial score (nSPS) is 14.0. The van der Waals surface area contributed by atoms with Gasteiger partial charge in [0.25, 0.3) is 5.91 Å². The molecule has 4 aromatic rings. The molecule has 3 heterocycles. The molecule has 0 spiro atoms. The highest BCUT2D eigenvalue weighted by Gasteiger charge is 2.34. The SMILES string of the molecule is COCCNC(C)(C)/C=C(/C#N)C(=O)N1CC(Cn2c(=O)n(-c3ccc(Oc4ccccc4)cc3)c3c(N)ncnc32)C1. The fourth-order valence-corrected chi connectivity index (χ4v) is 5.10. The maximum Gasteiger partial charge on any atom is 0.335 e. The quantitative estimate of drug-likeness (QED) is 0.154. The molecular weight excluding hydrogens is 548 g/mol. The molecule has 1 aliphatic heterocycles. The molecule has 3 N–H and O–H groups in total. The number of methoxy groups -OCH3 is 1. The standard InChI is InChI=1S/C31H34N8O4/c1-31(2,36-13-14-42-3)15-22(16-32)29(40)37-17-21(18-37)19-38-28-26(27(33)34-20-35-28)39(30(38)41)23-9-11-25(12-10-23)43-24-7-5-4-6-8-24/h4-12,15,20-21,36H,13-14,17-19H2,1-3H3,(H2,33,34,35)/b22-15-. The van der Waals surface area contributed by atoms with Crippen LogP contribution >= 0.6 is 0 Å². The van der Waals surface area contributed by atoms with Crippen molar-refractivity contribution in [3.8, 4) is 23.3 Å². The number of rotatable bonds is 11. The van der Waals surface area contributed by atoms with Crippen molar-refractivity contribution in [2.75, 3.05) is 39.1 Å². The molecule has 1 amide bonds. The van der Waals surface area contributed by atoms with Crippen molar-refractivity contribution in [3.63, 3.8) is 0 Å². The van der Waals surface area contributed by atoms with Gasteiger partial charge in [0.1, 0.15) is 35.0 Å². The molecule has 12 nitrogen and oxygen atoms in total. The number of nitrogen functional groups attached to an aromatic ring is 1. The van der Waals surface area contributed by atoms with E-state index in [1.165, 1.54) is 10.9 Å². The lowest BCUT2D eigenvalue weighted by Crippen LogP contribution is -2.52. The minimum Gasteiger partial charge on any atom is -0.457 e. The Bertz CT molecular complexity index is 1730. The number of para-hydroxylation sites is 1. The Balaban J connectivity index is 1.33. The summed E-state index contributed by atoms with van der Waals surface area (Å²) in [6, 6.07) is 18.6. The van der Waals surface area contributed by atoms with Crippen molar-refractivity contribution in [1.82, 2.24) is 29.3 Å². The van der Waals surface area contributed by atoms with Crippen LogP contribution in [0.1, 0.15) is 13.8 Å². The highest BCUT2D eigenvalue weighted by atomic mass is 16.5. The lowest BCUT2D eigenvalue weighted by molar-refractivity contribution is -0.133. The molecule has 5 rings (SSSR count). The van der Waals surface area contributed by atoms with Gasteiger partial charge in [-0.3, -0.25) is 13.9 Å². The molecule has 222 valence electrons. The smallest absolute Gasteiger partial charge is 0.335 e. The van der Waals surface area contributed by atoms with Crippen LogP contribution in [-0.4, -0.2) is 68.8 Å². The van der Waals surface area contributed by atoms with Gasteiger partial charge >= 0.3 is 5.69 Å². The number of hydrogen-bond acceptors (Lipinski definition) is 9. The highest BCUT2D eigenvalue weighted by molar-refractivity contribution is 5.98. The second kappa shape index (κ2) is 12.5. The van der Waals surface area contributed by atoms with E-state index in [-0.39, 0.29) is 28.9 Å². The lowest BCUT2D eigenvalue weighted by atomic mass is 9.96. The molecule has 0 atom stereocenters. The molecule has 1 aliphatic rings. The highest BCUT2D eigenvalue weighted by Crippen LogP contribution is 2.27. The van der Waals surface area contributed by atoms with E-state index in [4.69, 9.17) is 15.2 Å². The monoisotopic (exact) mass is 582 g/mol. The van der Waals surface area contributed by atoms with Crippen LogP contribution in [0.5, 0.6) is 11.5 Å². The lowest BCUT2D eigenvalue weighted by Gasteiger charge is -2.39. The van der Waals surface area contributed by atoms with E-state index < -0.39 is 5.54 Å². The molecule has 43 heavy (non-hydrogen) atoms. The van der Waals surface area contributed by atoms with Crippen molar-refractivity contribution in [3.05, 3.63) is 83.1 Å². The fourth-order valence-electron chi connectivity index (χ4n) is 5.10. The number of benzene rings is 2. The summed E-state index contributed by atoms with van der Waals surface area (Å²) in [7, 11) is 1.61. The van der Waals surface area contributed by atoms with E-state index in [9.17, 15) is 14.9 Å². The molecule has 0 radical (unpaired) electrons. The molecule has 0 bridgehead atoms. The maximum atomic E-state index is 13.7. The first-order chi connectivity index (χ1) is 20.7. The van der Waals surface area contributed by atoms with Crippen LogP contribution in [0, 0.1) is 17.2 Å². The molecule has 0 saturated carbocycles. The van der Waals surface area contributed by atoms with Gasteiger partial charge in [0, 0.05) is 44.7 Å². The van der Waals surface area contributed by atoms with Crippen LogP contribution in [0.3, 0.4) is 0 Å². The first kappa shape index (κ1) is 29.5. The Labute approximate surface area is 249 Å². The number of nitrogens with two attached hydrogens (primary N) is 1. The molecule has 1 saturated heterocycles. The zero-order valence-electron chi connectivity index (χ0n) is 24.4. The summed E-state index contributed by atoms with van der Waals surface area (Å²) >= 11 is 0. The van der Waals surface area contributed by atoms with Crippen LogP contribution in [-0.2, 0) is 16.1 Å². The number of amides is 1. The van der Waals surface area contributed by atoms with Gasteiger partial charge in [0.2, 0.25) is 0 Å². The van der Waals surface area contributed by atoms with Crippen LogP contribution in [0.25, 0.3) is 16.9 Å². The van der Waals surface area contributed by atoms with Gasteiger partial charge in [0.15, 0.2) is 11.5 Å². The molecule has 0 aliphatic carbocycles. The summed E-state index contributed by atoms with van der Waals surface area (Å²) in [4.78, 5) is 36.9. The molecule has 12 heteroatoms. The largest absolute Gasteiger partial charge is 0.457 e. The van der Waals surface area contributed by atoms with Crippen molar-refractivity contribution in [1.29, 1.82) is 5.26 Å². The second-order valence-corrected chi connectivity index (χ2v) is 11.0. The van der Waals surface area contributed by atoms with Gasteiger partial charge in [-0.1, -0.05) is 18.2 Å². The zero-order valence-corrected chi connectivity index (χ0v) is 24.4. The number of carbonyl (C=O) groups excluding carboxylic acids is 1. The zero-order chi connectivity index (χ0) is 30.6. The van der Waals surface area contributed by atoms with Gasteiger partial charge in [0.05, 0.1) is 12.3 Å². The number of anilines is 1. The number of carbonyl (C=O) groups is 1. The van der Waals surface area contributed by atoms with Gasteiger partial charge in [-0.25, -0.2) is 14.8 Å². The summed E-state index contributed by atoms with van der Waals surface area (Å²) in [5.41, 5.74) is 6.84. The average Bonchev–Trinajstić information content (AvgIpc) is 3.26. The fraction of sp³-hybridized carbons (Fsp3) is 0.323. The molecule has 2 aromatic carbocycles. The Hall–Kier alpha value is -4.99. The number of fused-ring (bicyclic) bond motifs is 1. The average molecular weight is 583 g/mol. The van der Waals surface area contributed by atoms with Gasteiger partial charge in [-0.05, 0) is 56.3 Å². The van der Waals surface area contributed by atoms with Crippen LogP contribution in [0.2, 0.25) is 0 Å². The third-order valence-corrected chi connectivity index (χ3v) is 7.23. The van der Waals surface area contributed by atoms with E-state index in [2.05, 4.69) is 15.3 Å². The summed E-state index contributed by atoms with van der Waals surface area (Å²) in [6.45, 7) is 6.02. The summed E-state index contributed by atoms with van der Waals surface area (Å²) in [5, 5.41) is 12.9. The second-order valence-electron chi connectivity index (χ2n) is 11.0. The first-order valence-corrected chi connectivity index (χ1v) is 13.9. The predicted octanol–water partition coefficient (Wildman–Crippen LogP) is 2.88. The number of nitrogens with zero attached hydrogens (tertiary/aromatic N) is 6. The number of nitrogens with one attached hydrogen (secondary N) is 1. The molecule has 2 aromatic heterocycles. The first-order valence-electron chi connectivity index (χ1n) is 13.9. The van der Waals surface area contributed by atoms with Crippen LogP contribution in [0.4, 0.5) is 5.82 Å². The minimum absolute atomic E-state index is 0.00804. The number of hydrogen-bond donors (Lipinski definition) is 2. The van der Waals surface area contributed by atoms with Gasteiger partial charge in [-0.15, -0.1) is 0 Å². The van der Waals surface area contributed by atoms with E-state index in [1.807, 2.05) is 50.2 Å². The number of nitriles is 1.